The molecule has 0 aliphatic carbocycles. The van der Waals surface area contributed by atoms with Crippen LogP contribution in [0.4, 0.5) is 17.5 Å². The lowest BCUT2D eigenvalue weighted by molar-refractivity contribution is 0.434. The van der Waals surface area contributed by atoms with Gasteiger partial charge in [-0.15, -0.1) is 0 Å². The van der Waals surface area contributed by atoms with E-state index in [0.717, 1.165) is 42.2 Å². The van der Waals surface area contributed by atoms with Gasteiger partial charge in [-0.25, -0.2) is 4.98 Å². The number of anilines is 3. The van der Waals surface area contributed by atoms with Crippen molar-refractivity contribution in [2.24, 2.45) is 5.92 Å². The Labute approximate surface area is 126 Å². The van der Waals surface area contributed by atoms with E-state index in [-0.39, 0.29) is 0 Å². The lowest BCUT2D eigenvalue weighted by Gasteiger charge is -2.30. The van der Waals surface area contributed by atoms with Gasteiger partial charge in [0.25, 0.3) is 0 Å². The molecule has 1 aliphatic rings. The van der Waals surface area contributed by atoms with E-state index in [1.165, 1.54) is 12.8 Å². The topological polar surface area (TPSA) is 41.1 Å². The van der Waals surface area contributed by atoms with Crippen LogP contribution < -0.4 is 10.2 Å². The number of rotatable bonds is 3. The van der Waals surface area contributed by atoms with E-state index < -0.39 is 0 Å². The van der Waals surface area contributed by atoms with Crippen molar-refractivity contribution in [3.63, 3.8) is 0 Å². The molecule has 2 aromatic rings. The first-order valence-corrected chi connectivity index (χ1v) is 7.63. The number of benzene rings is 1. The van der Waals surface area contributed by atoms with Crippen molar-refractivity contribution in [1.29, 1.82) is 0 Å². The average molecular weight is 282 g/mol. The van der Waals surface area contributed by atoms with Gasteiger partial charge in [-0.3, -0.25) is 0 Å². The lowest BCUT2D eigenvalue weighted by Crippen LogP contribution is -2.34. The Bertz CT molecular complexity index is 589. The summed E-state index contributed by atoms with van der Waals surface area (Å²) in [6, 6.07) is 12.1. The third-order valence-corrected chi connectivity index (χ3v) is 3.96. The van der Waals surface area contributed by atoms with Crippen molar-refractivity contribution in [3.05, 3.63) is 42.1 Å². The SMILES string of the molecule is Cc1cc(Nc2ccccc2)nc(N2CCC(C)CC2)n1. The number of aryl methyl sites for hydroxylation is 1. The summed E-state index contributed by atoms with van der Waals surface area (Å²) in [6.07, 6.45) is 2.44. The first-order valence-electron chi connectivity index (χ1n) is 7.63. The van der Waals surface area contributed by atoms with Crippen LogP contribution in [0.15, 0.2) is 36.4 Å². The molecule has 2 heterocycles. The second kappa shape index (κ2) is 6.12. The van der Waals surface area contributed by atoms with Crippen LogP contribution in [-0.4, -0.2) is 23.1 Å². The highest BCUT2D eigenvalue weighted by molar-refractivity contribution is 5.57. The molecule has 1 N–H and O–H groups in total. The molecule has 110 valence electrons. The van der Waals surface area contributed by atoms with Gasteiger partial charge in [-0.2, -0.15) is 4.98 Å². The Hall–Kier alpha value is -2.10. The molecular formula is C17H22N4. The van der Waals surface area contributed by atoms with Gasteiger partial charge in [0.2, 0.25) is 5.95 Å². The predicted octanol–water partition coefficient (Wildman–Crippen LogP) is 3.76. The number of nitrogens with one attached hydrogen (secondary N) is 1. The van der Waals surface area contributed by atoms with Crippen LogP contribution in [0.25, 0.3) is 0 Å². The normalized spacial score (nSPS) is 16.0. The summed E-state index contributed by atoms with van der Waals surface area (Å²) in [7, 11) is 0. The van der Waals surface area contributed by atoms with Gasteiger partial charge in [0, 0.05) is 30.5 Å². The van der Waals surface area contributed by atoms with E-state index in [2.05, 4.69) is 27.1 Å². The maximum atomic E-state index is 4.68. The van der Waals surface area contributed by atoms with Gasteiger partial charge in [0.1, 0.15) is 5.82 Å². The number of para-hydroxylation sites is 1. The minimum Gasteiger partial charge on any atom is -0.341 e. The summed E-state index contributed by atoms with van der Waals surface area (Å²) in [5, 5.41) is 3.36. The van der Waals surface area contributed by atoms with Gasteiger partial charge in [0.15, 0.2) is 0 Å². The Balaban J connectivity index is 1.79. The highest BCUT2D eigenvalue weighted by Crippen LogP contribution is 2.22. The monoisotopic (exact) mass is 282 g/mol. The summed E-state index contributed by atoms with van der Waals surface area (Å²) >= 11 is 0. The number of nitrogens with zero attached hydrogens (tertiary/aromatic N) is 3. The standard InChI is InChI=1S/C17H22N4/c1-13-8-10-21(11-9-13)17-18-14(2)12-16(20-17)19-15-6-4-3-5-7-15/h3-7,12-13H,8-11H2,1-2H3,(H,18,19,20). The third-order valence-electron chi connectivity index (χ3n) is 3.96. The smallest absolute Gasteiger partial charge is 0.227 e. The van der Waals surface area contributed by atoms with E-state index >= 15 is 0 Å². The molecule has 4 nitrogen and oxygen atoms in total. The molecule has 1 fully saturated rings. The van der Waals surface area contributed by atoms with E-state index in [0.29, 0.717) is 0 Å². The Morgan fingerprint density at radius 2 is 1.81 bits per heavy atom. The number of hydrogen-bond donors (Lipinski definition) is 1. The fourth-order valence-electron chi connectivity index (χ4n) is 2.64. The number of hydrogen-bond acceptors (Lipinski definition) is 4. The summed E-state index contributed by atoms with van der Waals surface area (Å²) in [4.78, 5) is 11.6. The summed E-state index contributed by atoms with van der Waals surface area (Å²) in [5.74, 6) is 2.52. The first-order chi connectivity index (χ1) is 10.2. The largest absolute Gasteiger partial charge is 0.341 e. The van der Waals surface area contributed by atoms with Crippen LogP contribution in [0.3, 0.4) is 0 Å². The van der Waals surface area contributed by atoms with Crippen LogP contribution in [0.2, 0.25) is 0 Å². The number of piperidine rings is 1. The molecule has 21 heavy (non-hydrogen) atoms. The van der Waals surface area contributed by atoms with Crippen molar-refractivity contribution in [2.75, 3.05) is 23.3 Å². The molecule has 0 unspecified atom stereocenters. The fraction of sp³-hybridized carbons (Fsp3) is 0.412. The van der Waals surface area contributed by atoms with Crippen molar-refractivity contribution in [3.8, 4) is 0 Å². The zero-order chi connectivity index (χ0) is 14.7. The maximum Gasteiger partial charge on any atom is 0.227 e. The van der Waals surface area contributed by atoms with E-state index in [1.54, 1.807) is 0 Å². The van der Waals surface area contributed by atoms with Crippen molar-refractivity contribution in [2.45, 2.75) is 26.7 Å². The number of aromatic nitrogens is 2. The molecule has 0 bridgehead atoms. The minimum absolute atomic E-state index is 0.813. The molecule has 0 radical (unpaired) electrons. The quantitative estimate of drug-likeness (QED) is 0.930. The summed E-state index contributed by atoms with van der Waals surface area (Å²) < 4.78 is 0. The van der Waals surface area contributed by atoms with Crippen LogP contribution in [0.1, 0.15) is 25.5 Å². The maximum absolute atomic E-state index is 4.68. The van der Waals surface area contributed by atoms with Gasteiger partial charge in [0.05, 0.1) is 0 Å². The molecule has 0 saturated carbocycles. The fourth-order valence-corrected chi connectivity index (χ4v) is 2.64. The van der Waals surface area contributed by atoms with Gasteiger partial charge in [-0.1, -0.05) is 25.1 Å². The second-order valence-electron chi connectivity index (χ2n) is 5.86. The van der Waals surface area contributed by atoms with Crippen molar-refractivity contribution in [1.82, 2.24) is 9.97 Å². The average Bonchev–Trinajstić information content (AvgIpc) is 2.48. The molecule has 1 saturated heterocycles. The lowest BCUT2D eigenvalue weighted by atomic mass is 10.00. The Morgan fingerprint density at radius 1 is 1.10 bits per heavy atom. The van der Waals surface area contributed by atoms with E-state index in [9.17, 15) is 0 Å². The zero-order valence-corrected chi connectivity index (χ0v) is 12.7. The Kier molecular flexibility index (Phi) is 4.04. The Morgan fingerprint density at radius 3 is 2.52 bits per heavy atom. The highest BCUT2D eigenvalue weighted by Gasteiger charge is 2.18. The summed E-state index contributed by atoms with van der Waals surface area (Å²) in [6.45, 7) is 6.44. The highest BCUT2D eigenvalue weighted by atomic mass is 15.3. The molecule has 1 aliphatic heterocycles. The molecule has 0 amide bonds. The van der Waals surface area contributed by atoms with Gasteiger partial charge in [-0.05, 0) is 37.8 Å². The molecule has 3 rings (SSSR count). The molecule has 1 aromatic carbocycles. The summed E-state index contributed by atoms with van der Waals surface area (Å²) in [5.41, 5.74) is 2.05. The second-order valence-corrected chi connectivity index (χ2v) is 5.86. The van der Waals surface area contributed by atoms with E-state index in [1.807, 2.05) is 43.3 Å². The molecule has 0 atom stereocenters. The predicted molar refractivity (Wildman–Crippen MR) is 87.1 cm³/mol. The molecule has 4 heteroatoms. The zero-order valence-electron chi connectivity index (χ0n) is 12.7. The van der Waals surface area contributed by atoms with Gasteiger partial charge >= 0.3 is 0 Å². The van der Waals surface area contributed by atoms with Crippen molar-refractivity contribution >= 4 is 17.5 Å². The first kappa shape index (κ1) is 13.9. The van der Waals surface area contributed by atoms with E-state index in [4.69, 9.17) is 0 Å². The van der Waals surface area contributed by atoms with Crippen LogP contribution >= 0.6 is 0 Å². The van der Waals surface area contributed by atoms with Crippen LogP contribution in [0.5, 0.6) is 0 Å². The van der Waals surface area contributed by atoms with Gasteiger partial charge < -0.3 is 10.2 Å². The molecule has 1 aromatic heterocycles. The van der Waals surface area contributed by atoms with Crippen LogP contribution in [0, 0.1) is 12.8 Å². The third kappa shape index (κ3) is 3.51. The molecule has 0 spiro atoms. The molecular weight excluding hydrogens is 260 g/mol. The minimum atomic E-state index is 0.813. The van der Waals surface area contributed by atoms with Crippen molar-refractivity contribution < 1.29 is 0 Å². The van der Waals surface area contributed by atoms with Crippen LogP contribution in [-0.2, 0) is 0 Å².